The number of carbonyl (C=O) groups excluding carboxylic acids is 1. The molecule has 5 atom stereocenters. The Morgan fingerprint density at radius 1 is 0.944 bits per heavy atom. The lowest BCUT2D eigenvalue weighted by molar-refractivity contribution is 0.00886. The molecule has 3 aliphatic carbocycles. The summed E-state index contributed by atoms with van der Waals surface area (Å²) in [6, 6.07) is 9.35. The number of hydrogen-bond donors (Lipinski definition) is 0. The molecular weight excluding hydrogens is 224 g/mol. The van der Waals surface area contributed by atoms with E-state index in [0.29, 0.717) is 5.56 Å². The van der Waals surface area contributed by atoms with Crippen molar-refractivity contribution in [2.75, 3.05) is 0 Å². The summed E-state index contributed by atoms with van der Waals surface area (Å²) in [7, 11) is 0. The van der Waals surface area contributed by atoms with Crippen LogP contribution in [-0.4, -0.2) is 12.1 Å². The van der Waals surface area contributed by atoms with Crippen LogP contribution in [0.3, 0.4) is 0 Å². The Balaban J connectivity index is 1.42. The zero-order valence-corrected chi connectivity index (χ0v) is 10.4. The second-order valence-corrected chi connectivity index (χ2v) is 6.18. The number of esters is 1. The topological polar surface area (TPSA) is 26.3 Å². The Labute approximate surface area is 107 Å². The highest BCUT2D eigenvalue weighted by Gasteiger charge is 2.57. The van der Waals surface area contributed by atoms with E-state index in [1.54, 1.807) is 0 Å². The van der Waals surface area contributed by atoms with Crippen LogP contribution in [0, 0.1) is 23.7 Å². The maximum Gasteiger partial charge on any atom is 0.338 e. The Morgan fingerprint density at radius 3 is 2.28 bits per heavy atom. The molecule has 0 N–H and O–H groups in total. The van der Waals surface area contributed by atoms with Crippen molar-refractivity contribution in [3.05, 3.63) is 35.9 Å². The zero-order valence-electron chi connectivity index (χ0n) is 10.4. The molecule has 2 nitrogen and oxygen atoms in total. The summed E-state index contributed by atoms with van der Waals surface area (Å²) in [6.07, 6.45) is 5.24. The standard InChI is InChI=1S/C16H18O2/c17-16(10-4-2-1-3-5-10)18-13-7-11-6-12(8-13)15-9-14(11)15/h1-5,11-15H,6-9H2/t11?,12?,13?,14-,15?/m1/s1. The highest BCUT2D eigenvalue weighted by molar-refractivity contribution is 5.89. The van der Waals surface area contributed by atoms with Gasteiger partial charge in [-0.1, -0.05) is 18.2 Å². The Hall–Kier alpha value is -1.31. The number of carbonyl (C=O) groups is 1. The quantitative estimate of drug-likeness (QED) is 0.744. The fourth-order valence-electron chi connectivity index (χ4n) is 4.26. The number of fused-ring (bicyclic) bond motifs is 5. The van der Waals surface area contributed by atoms with Gasteiger partial charge in [-0.3, -0.25) is 0 Å². The van der Waals surface area contributed by atoms with E-state index in [4.69, 9.17) is 4.74 Å². The van der Waals surface area contributed by atoms with Gasteiger partial charge >= 0.3 is 5.97 Å². The van der Waals surface area contributed by atoms with Crippen molar-refractivity contribution in [3.8, 4) is 0 Å². The Morgan fingerprint density at radius 2 is 1.61 bits per heavy atom. The van der Waals surface area contributed by atoms with Gasteiger partial charge in [-0.05, 0) is 61.5 Å². The van der Waals surface area contributed by atoms with E-state index >= 15 is 0 Å². The van der Waals surface area contributed by atoms with Crippen LogP contribution < -0.4 is 0 Å². The number of ether oxygens (including phenoxy) is 1. The van der Waals surface area contributed by atoms with Crippen molar-refractivity contribution in [2.24, 2.45) is 23.7 Å². The van der Waals surface area contributed by atoms with Gasteiger partial charge in [0.15, 0.2) is 0 Å². The smallest absolute Gasteiger partial charge is 0.338 e. The zero-order chi connectivity index (χ0) is 12.1. The minimum atomic E-state index is -0.143. The molecule has 94 valence electrons. The molecule has 0 spiro atoms. The maximum absolute atomic E-state index is 12.0. The molecule has 1 aromatic carbocycles. The van der Waals surface area contributed by atoms with Crippen LogP contribution in [-0.2, 0) is 4.74 Å². The molecule has 0 radical (unpaired) electrons. The molecule has 3 fully saturated rings. The summed E-state index contributed by atoms with van der Waals surface area (Å²) in [5.74, 6) is 3.52. The van der Waals surface area contributed by atoms with Crippen LogP contribution in [0.4, 0.5) is 0 Å². The number of hydrogen-bond acceptors (Lipinski definition) is 2. The van der Waals surface area contributed by atoms with E-state index in [2.05, 4.69) is 0 Å². The molecule has 0 aromatic heterocycles. The van der Waals surface area contributed by atoms with Crippen LogP contribution in [0.25, 0.3) is 0 Å². The molecule has 2 heteroatoms. The fourth-order valence-corrected chi connectivity index (χ4v) is 4.26. The first-order chi connectivity index (χ1) is 8.81. The minimum absolute atomic E-state index is 0.143. The van der Waals surface area contributed by atoms with E-state index < -0.39 is 0 Å². The molecule has 3 saturated carbocycles. The summed E-state index contributed by atoms with van der Waals surface area (Å²) >= 11 is 0. The van der Waals surface area contributed by atoms with Gasteiger partial charge < -0.3 is 4.74 Å². The molecule has 0 saturated heterocycles. The third kappa shape index (κ3) is 1.66. The van der Waals surface area contributed by atoms with Crippen LogP contribution >= 0.6 is 0 Å². The van der Waals surface area contributed by atoms with Gasteiger partial charge in [0.25, 0.3) is 0 Å². The Bertz CT molecular complexity index is 451. The predicted molar refractivity (Wildman–Crippen MR) is 68.1 cm³/mol. The fraction of sp³-hybridized carbons (Fsp3) is 0.562. The molecule has 3 aliphatic rings. The lowest BCUT2D eigenvalue weighted by atomic mass is 9.82. The van der Waals surface area contributed by atoms with Crippen LogP contribution in [0.5, 0.6) is 0 Å². The summed E-state index contributed by atoms with van der Waals surface area (Å²) < 4.78 is 5.69. The van der Waals surface area contributed by atoms with Crippen LogP contribution in [0.2, 0.25) is 0 Å². The van der Waals surface area contributed by atoms with E-state index in [0.717, 1.165) is 36.5 Å². The first-order valence-corrected chi connectivity index (χ1v) is 7.07. The van der Waals surface area contributed by atoms with Crippen molar-refractivity contribution in [1.82, 2.24) is 0 Å². The second kappa shape index (κ2) is 3.84. The lowest BCUT2D eigenvalue weighted by Crippen LogP contribution is -2.28. The highest BCUT2D eigenvalue weighted by Crippen LogP contribution is 2.63. The van der Waals surface area contributed by atoms with Gasteiger partial charge in [0, 0.05) is 0 Å². The van der Waals surface area contributed by atoms with Crippen molar-refractivity contribution < 1.29 is 9.53 Å². The van der Waals surface area contributed by atoms with Crippen molar-refractivity contribution in [1.29, 1.82) is 0 Å². The van der Waals surface area contributed by atoms with Gasteiger partial charge in [0.05, 0.1) is 5.56 Å². The molecule has 0 aliphatic heterocycles. The molecule has 4 rings (SSSR count). The molecule has 4 unspecified atom stereocenters. The second-order valence-electron chi connectivity index (χ2n) is 6.18. The van der Waals surface area contributed by atoms with E-state index in [-0.39, 0.29) is 12.1 Å². The highest BCUT2D eigenvalue weighted by atomic mass is 16.5. The van der Waals surface area contributed by atoms with Crippen LogP contribution in [0.15, 0.2) is 30.3 Å². The first-order valence-electron chi connectivity index (χ1n) is 7.07. The molecular formula is C16H18O2. The van der Waals surface area contributed by atoms with E-state index in [1.165, 1.54) is 12.8 Å². The average molecular weight is 242 g/mol. The van der Waals surface area contributed by atoms with Gasteiger partial charge in [-0.2, -0.15) is 0 Å². The molecule has 0 heterocycles. The summed E-state index contributed by atoms with van der Waals surface area (Å²) in [5.41, 5.74) is 0.681. The van der Waals surface area contributed by atoms with Crippen LogP contribution in [0.1, 0.15) is 36.0 Å². The number of rotatable bonds is 2. The largest absolute Gasteiger partial charge is 0.459 e. The number of benzene rings is 1. The maximum atomic E-state index is 12.0. The van der Waals surface area contributed by atoms with E-state index in [1.807, 2.05) is 30.3 Å². The van der Waals surface area contributed by atoms with E-state index in [9.17, 15) is 4.79 Å². The summed E-state index contributed by atoms with van der Waals surface area (Å²) in [5, 5.41) is 0. The van der Waals surface area contributed by atoms with Gasteiger partial charge in [0.1, 0.15) is 6.10 Å². The summed E-state index contributed by atoms with van der Waals surface area (Å²) in [4.78, 5) is 12.0. The minimum Gasteiger partial charge on any atom is -0.459 e. The van der Waals surface area contributed by atoms with Crippen molar-refractivity contribution >= 4 is 5.97 Å². The van der Waals surface area contributed by atoms with Gasteiger partial charge in [0.2, 0.25) is 0 Å². The summed E-state index contributed by atoms with van der Waals surface area (Å²) in [6.45, 7) is 0. The van der Waals surface area contributed by atoms with Gasteiger partial charge in [-0.15, -0.1) is 0 Å². The SMILES string of the molecule is O=C(OC1CC2CC(C1)[C@H]1CC21)c1ccccc1. The first kappa shape index (κ1) is 10.6. The Kier molecular flexibility index (Phi) is 2.26. The van der Waals surface area contributed by atoms with Crippen molar-refractivity contribution in [2.45, 2.75) is 31.8 Å². The molecule has 18 heavy (non-hydrogen) atoms. The predicted octanol–water partition coefficient (Wildman–Crippen LogP) is 3.28. The average Bonchev–Trinajstić information content (AvgIpc) is 3.15. The molecule has 0 amide bonds. The normalized spacial score (nSPS) is 40.1. The molecule has 2 bridgehead atoms. The lowest BCUT2D eigenvalue weighted by Gasteiger charge is -2.30. The molecule has 1 aromatic rings. The van der Waals surface area contributed by atoms with Gasteiger partial charge in [-0.25, -0.2) is 4.79 Å². The third-order valence-corrected chi connectivity index (χ3v) is 5.12. The van der Waals surface area contributed by atoms with Crippen molar-refractivity contribution in [3.63, 3.8) is 0 Å². The monoisotopic (exact) mass is 242 g/mol. The third-order valence-electron chi connectivity index (χ3n) is 5.12.